The molecule has 0 aliphatic carbocycles. The SMILES string of the molecule is Cc1cccc2c(=O)n(CCC(=O)N3CCCC(c4nc(-c5cccc(F)c5)no4)C3)cnc12. The number of fused-ring (bicyclic) bond motifs is 1. The molecule has 1 amide bonds. The average molecular weight is 461 g/mol. The number of hydrogen-bond acceptors (Lipinski definition) is 6. The van der Waals surface area contributed by atoms with Crippen LogP contribution in [0.4, 0.5) is 4.39 Å². The van der Waals surface area contributed by atoms with Crippen LogP contribution in [0.25, 0.3) is 22.3 Å². The van der Waals surface area contributed by atoms with Gasteiger partial charge in [-0.1, -0.05) is 29.4 Å². The third-order valence-corrected chi connectivity index (χ3v) is 6.27. The maximum atomic E-state index is 13.5. The van der Waals surface area contributed by atoms with Crippen LogP contribution < -0.4 is 5.56 Å². The number of carbonyl (C=O) groups excluding carboxylic acids is 1. The van der Waals surface area contributed by atoms with E-state index in [2.05, 4.69) is 15.1 Å². The Morgan fingerprint density at radius 1 is 1.24 bits per heavy atom. The molecule has 2 aromatic carbocycles. The van der Waals surface area contributed by atoms with Crippen molar-refractivity contribution in [3.63, 3.8) is 0 Å². The lowest BCUT2D eigenvalue weighted by molar-refractivity contribution is -0.132. The zero-order valence-corrected chi connectivity index (χ0v) is 18.8. The first-order chi connectivity index (χ1) is 16.5. The minimum atomic E-state index is -0.367. The Balaban J connectivity index is 1.25. The number of piperidine rings is 1. The topological polar surface area (TPSA) is 94.1 Å². The van der Waals surface area contributed by atoms with Gasteiger partial charge in [-0.05, 0) is 43.5 Å². The lowest BCUT2D eigenvalue weighted by Gasteiger charge is -2.31. The fourth-order valence-corrected chi connectivity index (χ4v) is 4.42. The molecular weight excluding hydrogens is 437 g/mol. The predicted octanol–water partition coefficient (Wildman–Crippen LogP) is 3.69. The number of likely N-dealkylation sites (tertiary alicyclic amines) is 1. The van der Waals surface area contributed by atoms with Crippen LogP contribution >= 0.6 is 0 Å². The summed E-state index contributed by atoms with van der Waals surface area (Å²) >= 11 is 0. The fraction of sp³-hybridized carbons (Fsp3) is 0.320. The zero-order valence-electron chi connectivity index (χ0n) is 18.8. The summed E-state index contributed by atoms with van der Waals surface area (Å²) in [5, 5.41) is 4.54. The van der Waals surface area contributed by atoms with Crippen LogP contribution in [-0.4, -0.2) is 43.6 Å². The highest BCUT2D eigenvalue weighted by Gasteiger charge is 2.28. The highest BCUT2D eigenvalue weighted by atomic mass is 19.1. The van der Waals surface area contributed by atoms with Gasteiger partial charge in [-0.15, -0.1) is 0 Å². The Morgan fingerprint density at radius 3 is 2.94 bits per heavy atom. The molecule has 1 fully saturated rings. The molecule has 1 aliphatic rings. The van der Waals surface area contributed by atoms with E-state index in [1.807, 2.05) is 19.1 Å². The van der Waals surface area contributed by atoms with Gasteiger partial charge in [0, 0.05) is 31.6 Å². The number of para-hydroxylation sites is 1. The summed E-state index contributed by atoms with van der Waals surface area (Å²) in [7, 11) is 0. The van der Waals surface area contributed by atoms with Crippen LogP contribution in [0.1, 0.15) is 36.6 Å². The minimum Gasteiger partial charge on any atom is -0.342 e. The number of carbonyl (C=O) groups is 1. The molecule has 174 valence electrons. The van der Waals surface area contributed by atoms with Crippen molar-refractivity contribution in [1.29, 1.82) is 0 Å². The number of rotatable bonds is 5. The number of hydrogen-bond donors (Lipinski definition) is 0. The van der Waals surface area contributed by atoms with Crippen molar-refractivity contribution in [3.05, 3.63) is 76.4 Å². The van der Waals surface area contributed by atoms with E-state index in [0.29, 0.717) is 41.3 Å². The van der Waals surface area contributed by atoms with Gasteiger partial charge < -0.3 is 9.42 Å². The molecular formula is C25H24FN5O3. The molecule has 8 nitrogen and oxygen atoms in total. The number of benzene rings is 2. The lowest BCUT2D eigenvalue weighted by Crippen LogP contribution is -2.39. The number of nitrogens with zero attached hydrogens (tertiary/aromatic N) is 5. The highest BCUT2D eigenvalue weighted by molar-refractivity contribution is 5.80. The first-order valence-electron chi connectivity index (χ1n) is 11.3. The van der Waals surface area contributed by atoms with Crippen molar-refractivity contribution in [1.82, 2.24) is 24.6 Å². The van der Waals surface area contributed by atoms with Gasteiger partial charge in [-0.25, -0.2) is 9.37 Å². The van der Waals surface area contributed by atoms with Crippen LogP contribution in [0.5, 0.6) is 0 Å². The Morgan fingerprint density at radius 2 is 2.09 bits per heavy atom. The van der Waals surface area contributed by atoms with Crippen molar-refractivity contribution in [2.75, 3.05) is 13.1 Å². The molecule has 1 atom stereocenters. The Kier molecular flexibility index (Phi) is 5.91. The second kappa shape index (κ2) is 9.17. The van der Waals surface area contributed by atoms with E-state index in [1.165, 1.54) is 23.0 Å². The molecule has 0 spiro atoms. The Labute approximate surface area is 195 Å². The van der Waals surface area contributed by atoms with Gasteiger partial charge in [0.1, 0.15) is 5.82 Å². The standard InChI is InChI=1S/C25H24FN5O3/c1-16-5-2-9-20-22(16)27-15-31(25(20)33)12-10-21(32)30-11-4-7-18(14-30)24-28-23(29-34-24)17-6-3-8-19(26)13-17/h2-3,5-6,8-9,13,15,18H,4,7,10-12,14H2,1H3. The van der Waals surface area contributed by atoms with Crippen molar-refractivity contribution in [3.8, 4) is 11.4 Å². The summed E-state index contributed by atoms with van der Waals surface area (Å²) in [5.41, 5.74) is 2.03. The number of halogens is 1. The van der Waals surface area contributed by atoms with Gasteiger partial charge in [0.15, 0.2) is 0 Å². The van der Waals surface area contributed by atoms with Crippen LogP contribution in [0.3, 0.4) is 0 Å². The third-order valence-electron chi connectivity index (χ3n) is 6.27. The van der Waals surface area contributed by atoms with Crippen LogP contribution in [0.15, 0.2) is 58.1 Å². The minimum absolute atomic E-state index is 0.0363. The molecule has 0 saturated carbocycles. The summed E-state index contributed by atoms with van der Waals surface area (Å²) in [4.78, 5) is 36.3. The summed E-state index contributed by atoms with van der Waals surface area (Å²) in [5.74, 6) is 0.291. The van der Waals surface area contributed by atoms with E-state index in [9.17, 15) is 14.0 Å². The largest absolute Gasteiger partial charge is 0.342 e. The summed E-state index contributed by atoms with van der Waals surface area (Å²) < 4.78 is 20.5. The quantitative estimate of drug-likeness (QED) is 0.450. The Bertz CT molecular complexity index is 1410. The van der Waals surface area contributed by atoms with E-state index >= 15 is 0 Å². The van der Waals surface area contributed by atoms with E-state index < -0.39 is 0 Å². The molecule has 2 aromatic heterocycles. The van der Waals surface area contributed by atoms with E-state index in [0.717, 1.165) is 18.4 Å². The number of aromatic nitrogens is 4. The first kappa shape index (κ1) is 21.9. The van der Waals surface area contributed by atoms with E-state index in [4.69, 9.17) is 4.52 Å². The molecule has 1 aliphatic heterocycles. The van der Waals surface area contributed by atoms with E-state index in [-0.39, 0.29) is 36.2 Å². The zero-order chi connectivity index (χ0) is 23.7. The molecule has 1 unspecified atom stereocenters. The van der Waals surface area contributed by atoms with Crippen LogP contribution in [-0.2, 0) is 11.3 Å². The molecule has 0 bridgehead atoms. The van der Waals surface area contributed by atoms with Gasteiger partial charge in [0.2, 0.25) is 17.6 Å². The van der Waals surface area contributed by atoms with Gasteiger partial charge in [-0.3, -0.25) is 14.2 Å². The molecule has 3 heterocycles. The summed E-state index contributed by atoms with van der Waals surface area (Å²) in [6, 6.07) is 11.5. The summed E-state index contributed by atoms with van der Waals surface area (Å²) in [6.07, 6.45) is 3.34. The van der Waals surface area contributed by atoms with Crippen molar-refractivity contribution in [2.45, 2.75) is 38.6 Å². The Hall–Kier alpha value is -3.88. The van der Waals surface area contributed by atoms with Crippen molar-refractivity contribution in [2.24, 2.45) is 0 Å². The molecule has 0 N–H and O–H groups in total. The van der Waals surface area contributed by atoms with Gasteiger partial charge in [0.25, 0.3) is 5.56 Å². The normalized spacial score (nSPS) is 16.2. The van der Waals surface area contributed by atoms with Gasteiger partial charge in [0.05, 0.1) is 23.1 Å². The maximum Gasteiger partial charge on any atom is 0.261 e. The second-order valence-electron chi connectivity index (χ2n) is 8.61. The highest BCUT2D eigenvalue weighted by Crippen LogP contribution is 2.28. The fourth-order valence-electron chi connectivity index (χ4n) is 4.42. The predicted molar refractivity (Wildman–Crippen MR) is 124 cm³/mol. The van der Waals surface area contributed by atoms with Crippen molar-refractivity contribution < 1.29 is 13.7 Å². The van der Waals surface area contributed by atoms with E-state index in [1.54, 1.807) is 23.1 Å². The van der Waals surface area contributed by atoms with Gasteiger partial charge in [-0.2, -0.15) is 4.98 Å². The number of amides is 1. The molecule has 9 heteroatoms. The van der Waals surface area contributed by atoms with Crippen LogP contribution in [0, 0.1) is 12.7 Å². The smallest absolute Gasteiger partial charge is 0.261 e. The molecule has 5 rings (SSSR count). The molecule has 4 aromatic rings. The van der Waals surface area contributed by atoms with Crippen LogP contribution in [0.2, 0.25) is 0 Å². The molecule has 1 saturated heterocycles. The molecule has 34 heavy (non-hydrogen) atoms. The maximum absolute atomic E-state index is 13.5. The third kappa shape index (κ3) is 4.33. The second-order valence-corrected chi connectivity index (χ2v) is 8.61. The summed E-state index contributed by atoms with van der Waals surface area (Å²) in [6.45, 7) is 3.29. The first-order valence-corrected chi connectivity index (χ1v) is 11.3. The average Bonchev–Trinajstić information content (AvgIpc) is 3.35. The van der Waals surface area contributed by atoms with Crippen molar-refractivity contribution >= 4 is 16.8 Å². The van der Waals surface area contributed by atoms with Gasteiger partial charge >= 0.3 is 0 Å². The monoisotopic (exact) mass is 461 g/mol. The lowest BCUT2D eigenvalue weighted by atomic mass is 9.97. The number of aryl methyl sites for hydroxylation is 2. The molecule has 0 radical (unpaired) electrons.